The van der Waals surface area contributed by atoms with E-state index < -0.39 is 0 Å². The third-order valence-corrected chi connectivity index (χ3v) is 5.29. The summed E-state index contributed by atoms with van der Waals surface area (Å²) >= 11 is 18.4. The van der Waals surface area contributed by atoms with Crippen molar-refractivity contribution >= 4 is 40.5 Å². The molecule has 3 rings (SSSR count). The van der Waals surface area contributed by atoms with E-state index in [9.17, 15) is 5.11 Å². The van der Waals surface area contributed by atoms with Crippen molar-refractivity contribution in [2.75, 3.05) is 12.4 Å². The van der Waals surface area contributed by atoms with Crippen molar-refractivity contribution in [3.05, 3.63) is 80.3 Å². The number of hydrogen-bond acceptors (Lipinski definition) is 4. The van der Waals surface area contributed by atoms with E-state index in [4.69, 9.17) is 44.3 Å². The summed E-state index contributed by atoms with van der Waals surface area (Å²) in [6, 6.07) is 14.9. The zero-order valence-corrected chi connectivity index (χ0v) is 18.2. The average molecular weight is 453 g/mol. The van der Waals surface area contributed by atoms with Gasteiger partial charge in [0, 0.05) is 12.2 Å². The average Bonchev–Trinajstić information content (AvgIpc) is 2.70. The lowest BCUT2D eigenvalue weighted by Gasteiger charge is -2.16. The molecule has 3 aromatic rings. The number of nitrogens with one attached hydrogen (secondary N) is 1. The molecule has 3 aromatic carbocycles. The largest absolute Gasteiger partial charge is 0.505 e. The standard InChI is InChI=1S/C22H20Cl3NO3/c1-13-5-3-4-6-15(13)12-29-22-19(25)7-14(8-20(22)28-2)11-26-16-9-17(23)21(27)18(24)10-16/h3-10,26-27H,11-12H2,1-2H3. The molecule has 0 saturated heterocycles. The van der Waals surface area contributed by atoms with Crippen LogP contribution in [0.15, 0.2) is 48.5 Å². The molecular formula is C22H20Cl3NO3. The molecule has 0 radical (unpaired) electrons. The highest BCUT2D eigenvalue weighted by Gasteiger charge is 2.13. The van der Waals surface area contributed by atoms with E-state index in [1.807, 2.05) is 43.3 Å². The number of rotatable bonds is 7. The predicted molar refractivity (Wildman–Crippen MR) is 119 cm³/mol. The number of methoxy groups -OCH3 is 1. The zero-order valence-electron chi connectivity index (χ0n) is 15.9. The first kappa shape index (κ1) is 21.4. The van der Waals surface area contributed by atoms with Crippen LogP contribution in [0, 0.1) is 6.92 Å². The van der Waals surface area contributed by atoms with Crippen LogP contribution >= 0.6 is 34.8 Å². The predicted octanol–water partition coefficient (Wildman–Crippen LogP) is 6.86. The molecule has 0 saturated carbocycles. The summed E-state index contributed by atoms with van der Waals surface area (Å²) < 4.78 is 11.4. The molecule has 0 bridgehead atoms. The second-order valence-corrected chi connectivity index (χ2v) is 7.69. The fraction of sp³-hybridized carbons (Fsp3) is 0.182. The molecule has 0 aromatic heterocycles. The molecule has 0 amide bonds. The van der Waals surface area contributed by atoms with Crippen LogP contribution in [0.3, 0.4) is 0 Å². The zero-order chi connectivity index (χ0) is 21.0. The molecule has 29 heavy (non-hydrogen) atoms. The number of ether oxygens (including phenoxy) is 2. The summed E-state index contributed by atoms with van der Waals surface area (Å²) in [5.74, 6) is 0.903. The van der Waals surface area contributed by atoms with Gasteiger partial charge in [-0.25, -0.2) is 0 Å². The molecule has 2 N–H and O–H groups in total. The number of phenols is 1. The smallest absolute Gasteiger partial charge is 0.180 e. The molecule has 0 heterocycles. The number of halogens is 3. The van der Waals surface area contributed by atoms with Crippen molar-refractivity contribution in [1.29, 1.82) is 0 Å². The lowest BCUT2D eigenvalue weighted by atomic mass is 10.1. The van der Waals surface area contributed by atoms with Crippen LogP contribution in [0.5, 0.6) is 17.2 Å². The van der Waals surface area contributed by atoms with Gasteiger partial charge in [-0.05, 0) is 47.9 Å². The summed E-state index contributed by atoms with van der Waals surface area (Å²) in [4.78, 5) is 0. The van der Waals surface area contributed by atoms with Crippen molar-refractivity contribution in [3.8, 4) is 17.2 Å². The van der Waals surface area contributed by atoms with Crippen molar-refractivity contribution in [2.45, 2.75) is 20.1 Å². The molecule has 0 atom stereocenters. The van der Waals surface area contributed by atoms with Crippen LogP contribution in [0.2, 0.25) is 15.1 Å². The van der Waals surface area contributed by atoms with Crippen LogP contribution in [-0.2, 0) is 13.2 Å². The van der Waals surface area contributed by atoms with Crippen molar-refractivity contribution in [2.24, 2.45) is 0 Å². The minimum absolute atomic E-state index is 0.140. The van der Waals surface area contributed by atoms with Crippen LogP contribution < -0.4 is 14.8 Å². The fourth-order valence-electron chi connectivity index (χ4n) is 2.81. The summed E-state index contributed by atoms with van der Waals surface area (Å²) in [6.45, 7) is 2.88. The van der Waals surface area contributed by atoms with E-state index in [0.717, 1.165) is 16.7 Å². The number of anilines is 1. The Morgan fingerprint density at radius 1 is 0.966 bits per heavy atom. The van der Waals surface area contributed by atoms with Gasteiger partial charge in [-0.1, -0.05) is 59.1 Å². The van der Waals surface area contributed by atoms with Crippen LogP contribution in [0.1, 0.15) is 16.7 Å². The summed E-state index contributed by atoms with van der Waals surface area (Å²) in [7, 11) is 1.57. The van der Waals surface area contributed by atoms with E-state index in [1.165, 1.54) is 0 Å². The third-order valence-electron chi connectivity index (χ3n) is 4.44. The van der Waals surface area contributed by atoms with E-state index in [1.54, 1.807) is 19.2 Å². The van der Waals surface area contributed by atoms with E-state index >= 15 is 0 Å². The Morgan fingerprint density at radius 3 is 2.31 bits per heavy atom. The van der Waals surface area contributed by atoms with Gasteiger partial charge in [0.1, 0.15) is 6.61 Å². The molecule has 0 unspecified atom stereocenters. The fourth-order valence-corrected chi connectivity index (χ4v) is 3.58. The highest BCUT2D eigenvalue weighted by molar-refractivity contribution is 6.37. The van der Waals surface area contributed by atoms with Gasteiger partial charge in [0.15, 0.2) is 17.2 Å². The number of aryl methyl sites for hydroxylation is 1. The van der Waals surface area contributed by atoms with E-state index in [2.05, 4.69) is 5.32 Å². The molecule has 0 fully saturated rings. The molecule has 4 nitrogen and oxygen atoms in total. The Hall–Kier alpha value is -2.27. The molecule has 152 valence electrons. The first-order valence-electron chi connectivity index (χ1n) is 8.84. The lowest BCUT2D eigenvalue weighted by molar-refractivity contribution is 0.284. The van der Waals surface area contributed by atoms with Crippen LogP contribution in [-0.4, -0.2) is 12.2 Å². The third kappa shape index (κ3) is 5.21. The van der Waals surface area contributed by atoms with Crippen molar-refractivity contribution in [1.82, 2.24) is 0 Å². The van der Waals surface area contributed by atoms with E-state index in [-0.39, 0.29) is 15.8 Å². The molecule has 0 aliphatic heterocycles. The molecular weight excluding hydrogens is 433 g/mol. The van der Waals surface area contributed by atoms with Crippen LogP contribution in [0.4, 0.5) is 5.69 Å². The Morgan fingerprint density at radius 2 is 1.66 bits per heavy atom. The maximum absolute atomic E-state index is 9.66. The van der Waals surface area contributed by atoms with Gasteiger partial charge in [0.25, 0.3) is 0 Å². The number of aromatic hydroxyl groups is 1. The molecule has 7 heteroatoms. The van der Waals surface area contributed by atoms with Gasteiger partial charge in [0.05, 0.1) is 22.2 Å². The van der Waals surface area contributed by atoms with Gasteiger partial charge in [-0.15, -0.1) is 0 Å². The normalized spacial score (nSPS) is 10.7. The SMILES string of the molecule is COc1cc(CNc2cc(Cl)c(O)c(Cl)c2)cc(Cl)c1OCc1ccccc1C. The van der Waals surface area contributed by atoms with Gasteiger partial charge in [-0.2, -0.15) is 0 Å². The Labute approximate surface area is 184 Å². The van der Waals surface area contributed by atoms with Gasteiger partial charge < -0.3 is 19.9 Å². The number of phenolic OH excluding ortho intramolecular Hbond substituents is 1. The Kier molecular flexibility index (Phi) is 7.01. The van der Waals surface area contributed by atoms with Gasteiger partial charge in [-0.3, -0.25) is 0 Å². The number of hydrogen-bond donors (Lipinski definition) is 2. The monoisotopic (exact) mass is 451 g/mol. The van der Waals surface area contributed by atoms with Crippen molar-refractivity contribution in [3.63, 3.8) is 0 Å². The van der Waals surface area contributed by atoms with Gasteiger partial charge in [0.2, 0.25) is 0 Å². The Balaban J connectivity index is 1.75. The second kappa shape index (κ2) is 9.49. The Bertz CT molecular complexity index is 1000. The lowest BCUT2D eigenvalue weighted by Crippen LogP contribution is -2.03. The maximum atomic E-state index is 9.66. The van der Waals surface area contributed by atoms with Gasteiger partial charge >= 0.3 is 0 Å². The minimum Gasteiger partial charge on any atom is -0.505 e. The van der Waals surface area contributed by atoms with Crippen molar-refractivity contribution < 1.29 is 14.6 Å². The van der Waals surface area contributed by atoms with Crippen LogP contribution in [0.25, 0.3) is 0 Å². The molecule has 0 spiro atoms. The highest BCUT2D eigenvalue weighted by Crippen LogP contribution is 2.38. The topological polar surface area (TPSA) is 50.7 Å². The minimum atomic E-state index is -0.140. The summed E-state index contributed by atoms with van der Waals surface area (Å²) in [6.07, 6.45) is 0. The highest BCUT2D eigenvalue weighted by atomic mass is 35.5. The molecule has 0 aliphatic carbocycles. The maximum Gasteiger partial charge on any atom is 0.180 e. The molecule has 0 aliphatic rings. The summed E-state index contributed by atoms with van der Waals surface area (Å²) in [5.41, 5.74) is 3.79. The first-order valence-corrected chi connectivity index (χ1v) is 9.98. The number of benzene rings is 3. The van der Waals surface area contributed by atoms with E-state index in [0.29, 0.717) is 35.4 Å². The first-order chi connectivity index (χ1) is 13.9. The second-order valence-electron chi connectivity index (χ2n) is 6.47. The summed E-state index contributed by atoms with van der Waals surface area (Å²) in [5, 5.41) is 13.7. The quantitative estimate of drug-likeness (QED) is 0.384.